The lowest BCUT2D eigenvalue weighted by molar-refractivity contribution is 0.736. The minimum absolute atomic E-state index is 0.306. The predicted octanol–water partition coefficient (Wildman–Crippen LogP) is 6.37. The molecule has 0 aliphatic carbocycles. The molecule has 0 aliphatic heterocycles. The zero-order chi connectivity index (χ0) is 13.4. The van der Waals surface area contributed by atoms with Gasteiger partial charge in [-0.05, 0) is 25.7 Å². The molecule has 15 heavy (non-hydrogen) atoms. The van der Waals surface area contributed by atoms with Crippen molar-refractivity contribution in [2.45, 2.75) is 81.0 Å². The Morgan fingerprint density at radius 2 is 0.667 bits per heavy atom. The molecule has 0 atom stereocenters. The van der Waals surface area contributed by atoms with Gasteiger partial charge in [0.25, 0.3) is 0 Å². The van der Waals surface area contributed by atoms with Gasteiger partial charge in [-0.1, -0.05) is 61.8 Å². The molecule has 0 saturated heterocycles. The van der Waals surface area contributed by atoms with Crippen LogP contribution in [0.3, 0.4) is 0 Å². The summed E-state index contributed by atoms with van der Waals surface area (Å²) < 4.78 is 0. The smallest absolute Gasteiger partial charge is 0.0279 e. The van der Waals surface area contributed by atoms with Crippen molar-refractivity contribution >= 4 is 11.6 Å². The number of hydrogen-bond acceptors (Lipinski definition) is 0. The first kappa shape index (κ1) is 24.5. The Bertz CT molecular complexity index is 43.2. The van der Waals surface area contributed by atoms with Gasteiger partial charge in [0.1, 0.15) is 0 Å². The Labute approximate surface area is 105 Å². The first-order valence-electron chi connectivity index (χ1n) is 6.25. The van der Waals surface area contributed by atoms with Crippen molar-refractivity contribution in [1.29, 1.82) is 0 Å². The van der Waals surface area contributed by atoms with Gasteiger partial charge in [-0.3, -0.25) is 0 Å². The maximum Gasteiger partial charge on any atom is 0.0279 e. The van der Waals surface area contributed by atoms with Gasteiger partial charge in [-0.15, -0.1) is 11.6 Å². The van der Waals surface area contributed by atoms with Gasteiger partial charge in [0.2, 0.25) is 0 Å². The van der Waals surface area contributed by atoms with E-state index >= 15 is 0 Å². The lowest BCUT2D eigenvalue weighted by atomic mass is 10.3. The van der Waals surface area contributed by atoms with Gasteiger partial charge in [0.15, 0.2) is 0 Å². The number of rotatable bonds is 0. The van der Waals surface area contributed by atoms with Crippen molar-refractivity contribution in [2.24, 2.45) is 11.8 Å². The van der Waals surface area contributed by atoms with E-state index in [2.05, 4.69) is 55.4 Å². The third-order valence-electron chi connectivity index (χ3n) is 0. The summed E-state index contributed by atoms with van der Waals surface area (Å²) in [5, 5.41) is 0.306. The number of halogens is 1. The average molecular weight is 239 g/mol. The van der Waals surface area contributed by atoms with Gasteiger partial charge >= 0.3 is 0 Å². The summed E-state index contributed by atoms with van der Waals surface area (Å²) in [6.07, 6.45) is 1.25. The van der Waals surface area contributed by atoms with Crippen LogP contribution in [-0.2, 0) is 0 Å². The lowest BCUT2D eigenvalue weighted by Crippen LogP contribution is -1.70. The van der Waals surface area contributed by atoms with Crippen LogP contribution in [0.25, 0.3) is 0 Å². The predicted molar refractivity (Wildman–Crippen MR) is 78.0 cm³/mol. The van der Waals surface area contributed by atoms with E-state index in [0.29, 0.717) is 5.38 Å². The van der Waals surface area contributed by atoms with Crippen molar-refractivity contribution in [1.82, 2.24) is 0 Å². The van der Waals surface area contributed by atoms with Crippen molar-refractivity contribution in [3.05, 3.63) is 0 Å². The van der Waals surface area contributed by atoms with Crippen molar-refractivity contribution in [3.8, 4) is 0 Å². The summed E-state index contributed by atoms with van der Waals surface area (Å²) in [4.78, 5) is 0. The number of hydrogen-bond donors (Lipinski definition) is 0. The third-order valence-corrected chi connectivity index (χ3v) is 0. The molecule has 0 nitrogen and oxygen atoms in total. The molecule has 0 aromatic carbocycles. The van der Waals surface area contributed by atoms with Crippen LogP contribution >= 0.6 is 11.6 Å². The molecule has 1 heteroatoms. The summed E-state index contributed by atoms with van der Waals surface area (Å²) in [6.45, 7) is 21.1. The summed E-state index contributed by atoms with van der Waals surface area (Å²) in [5.74, 6) is 1.67. The van der Waals surface area contributed by atoms with E-state index in [0.717, 1.165) is 11.8 Å². The summed E-state index contributed by atoms with van der Waals surface area (Å²) >= 11 is 5.27. The Balaban J connectivity index is -0.0000000542. The molecular weight excluding hydrogens is 204 g/mol. The molecule has 0 heterocycles. The maximum atomic E-state index is 5.27. The van der Waals surface area contributed by atoms with E-state index in [1.165, 1.54) is 6.42 Å². The molecule has 0 N–H and O–H groups in total. The summed E-state index contributed by atoms with van der Waals surface area (Å²) in [7, 11) is 0. The van der Waals surface area contributed by atoms with E-state index in [9.17, 15) is 0 Å². The summed E-state index contributed by atoms with van der Waals surface area (Å²) in [5.41, 5.74) is 0. The van der Waals surface area contributed by atoms with Crippen LogP contribution < -0.4 is 0 Å². The standard InChI is InChI=1S/2C4H10.C3H7Cl.C3H8/c2*1-4(2)3;1-3(2)4;1-3-2/h2*4H,1-3H3;3H,1-2H3;3H2,1-2H3. The Kier molecular flexibility index (Phi) is 38.9. The molecule has 0 bridgehead atoms. The first-order valence-corrected chi connectivity index (χ1v) is 6.69. The van der Waals surface area contributed by atoms with E-state index < -0.39 is 0 Å². The van der Waals surface area contributed by atoms with Gasteiger partial charge in [-0.25, -0.2) is 0 Å². The van der Waals surface area contributed by atoms with E-state index in [4.69, 9.17) is 11.6 Å². The molecule has 0 unspecified atom stereocenters. The molecule has 0 aliphatic rings. The Hall–Kier alpha value is 0.290. The highest BCUT2D eigenvalue weighted by molar-refractivity contribution is 6.20. The highest BCUT2D eigenvalue weighted by atomic mass is 35.5. The fraction of sp³-hybridized carbons (Fsp3) is 1.00. The second-order valence-corrected chi connectivity index (χ2v) is 6.06. The maximum absolute atomic E-state index is 5.27. The van der Waals surface area contributed by atoms with Gasteiger partial charge in [0, 0.05) is 5.38 Å². The van der Waals surface area contributed by atoms with Crippen LogP contribution in [0.1, 0.15) is 75.7 Å². The fourth-order valence-electron chi connectivity index (χ4n) is 0. The van der Waals surface area contributed by atoms with E-state index in [1.54, 1.807) is 0 Å². The van der Waals surface area contributed by atoms with Gasteiger partial charge < -0.3 is 0 Å². The molecule has 98 valence electrons. The fourth-order valence-corrected chi connectivity index (χ4v) is 0. The Morgan fingerprint density at radius 1 is 0.667 bits per heavy atom. The van der Waals surface area contributed by atoms with Gasteiger partial charge in [0.05, 0.1) is 0 Å². The van der Waals surface area contributed by atoms with Crippen molar-refractivity contribution in [3.63, 3.8) is 0 Å². The second kappa shape index (κ2) is 23.8. The molecule has 0 spiro atoms. The molecule has 0 radical (unpaired) electrons. The average Bonchev–Trinajstić information content (AvgIpc) is 1.81. The van der Waals surface area contributed by atoms with Crippen LogP contribution in [0, 0.1) is 11.8 Å². The molecule has 0 fully saturated rings. The van der Waals surface area contributed by atoms with E-state index in [-0.39, 0.29) is 0 Å². The molecular formula is C14H35Cl. The van der Waals surface area contributed by atoms with Crippen LogP contribution in [-0.4, -0.2) is 5.38 Å². The molecule has 0 saturated carbocycles. The monoisotopic (exact) mass is 238 g/mol. The molecule has 0 aromatic rings. The number of alkyl halides is 1. The minimum atomic E-state index is 0.306. The van der Waals surface area contributed by atoms with Crippen molar-refractivity contribution < 1.29 is 0 Å². The molecule has 0 rings (SSSR count). The minimum Gasteiger partial charge on any atom is -0.124 e. The van der Waals surface area contributed by atoms with Crippen LogP contribution in [0.2, 0.25) is 0 Å². The second-order valence-electron chi connectivity index (χ2n) is 5.18. The van der Waals surface area contributed by atoms with Crippen LogP contribution in [0.5, 0.6) is 0 Å². The van der Waals surface area contributed by atoms with Gasteiger partial charge in [-0.2, -0.15) is 0 Å². The summed E-state index contributed by atoms with van der Waals surface area (Å²) in [6, 6.07) is 0. The quantitative estimate of drug-likeness (QED) is 0.430. The van der Waals surface area contributed by atoms with E-state index in [1.807, 2.05) is 13.8 Å². The molecule has 0 amide bonds. The normalized spacial score (nSPS) is 8.40. The first-order chi connectivity index (χ1) is 6.61. The zero-order valence-electron chi connectivity index (χ0n) is 12.8. The topological polar surface area (TPSA) is 0 Å². The largest absolute Gasteiger partial charge is 0.124 e. The van der Waals surface area contributed by atoms with Crippen LogP contribution in [0.15, 0.2) is 0 Å². The zero-order valence-corrected chi connectivity index (χ0v) is 13.6. The molecule has 0 aromatic heterocycles. The van der Waals surface area contributed by atoms with Crippen molar-refractivity contribution in [2.75, 3.05) is 0 Å². The Morgan fingerprint density at radius 3 is 0.667 bits per heavy atom. The lowest BCUT2D eigenvalue weighted by Gasteiger charge is -1.79. The highest BCUT2D eigenvalue weighted by Crippen LogP contribution is 1.84. The highest BCUT2D eigenvalue weighted by Gasteiger charge is 1.71. The SMILES string of the molecule is CC(C)C.CC(C)C.CC(C)Cl.CCC. The van der Waals surface area contributed by atoms with Crippen LogP contribution in [0.4, 0.5) is 0 Å². The third kappa shape index (κ3) is 25700.